The van der Waals surface area contributed by atoms with E-state index in [-0.39, 0.29) is 5.82 Å². The van der Waals surface area contributed by atoms with Crippen molar-refractivity contribution in [1.82, 2.24) is 10.3 Å². The van der Waals surface area contributed by atoms with E-state index in [1.807, 2.05) is 6.08 Å². The summed E-state index contributed by atoms with van der Waals surface area (Å²) in [5.41, 5.74) is 0.217. The second kappa shape index (κ2) is 4.27. The molecule has 0 spiro atoms. The molecule has 2 heterocycles. The Hall–Kier alpha value is -1.72. The molecule has 92 valence electrons. The molecule has 0 saturated heterocycles. The average Bonchev–Trinajstić information content (AvgIpc) is 2.76. The third kappa shape index (κ3) is 2.35. The number of hydrogen-bond acceptors (Lipinski definition) is 3. The first-order valence-corrected chi connectivity index (χ1v) is 5.16. The van der Waals surface area contributed by atoms with Gasteiger partial charge in [0.2, 0.25) is 0 Å². The summed E-state index contributed by atoms with van der Waals surface area (Å²) in [5.74, 6) is -0.0125. The third-order valence-electron chi connectivity index (χ3n) is 2.63. The van der Waals surface area contributed by atoms with Gasteiger partial charge in [0.15, 0.2) is 0 Å². The minimum Gasteiger partial charge on any atom is -0.390 e. The van der Waals surface area contributed by atoms with Gasteiger partial charge in [-0.05, 0) is 18.2 Å². The van der Waals surface area contributed by atoms with Gasteiger partial charge in [-0.25, -0.2) is 4.98 Å². The monoisotopic (exact) mass is 243 g/mol. The molecular weight excluding hydrogens is 231 g/mol. The van der Waals surface area contributed by atoms with E-state index in [4.69, 9.17) is 0 Å². The minimum absolute atomic E-state index is 0.0125. The molecule has 0 atom stereocenters. The summed E-state index contributed by atoms with van der Waals surface area (Å²) >= 11 is 0. The highest BCUT2D eigenvalue weighted by Gasteiger charge is 2.36. The highest BCUT2D eigenvalue weighted by Crippen LogP contribution is 2.35. The van der Waals surface area contributed by atoms with Crippen LogP contribution in [0, 0.1) is 0 Å². The Balaban J connectivity index is 2.29. The zero-order chi connectivity index (χ0) is 12.5. The molecule has 0 aromatic carbocycles. The summed E-state index contributed by atoms with van der Waals surface area (Å²) in [4.78, 5) is 5.43. The van der Waals surface area contributed by atoms with Crippen molar-refractivity contribution in [2.45, 2.75) is 6.18 Å². The molecular formula is C11H12F3N3. The molecule has 0 amide bonds. The molecule has 6 heteroatoms. The molecule has 0 aliphatic carbocycles. The van der Waals surface area contributed by atoms with Crippen LogP contribution >= 0.6 is 0 Å². The molecule has 0 radical (unpaired) electrons. The Morgan fingerprint density at radius 1 is 1.41 bits per heavy atom. The predicted octanol–water partition coefficient (Wildman–Crippen LogP) is 2.02. The van der Waals surface area contributed by atoms with E-state index in [9.17, 15) is 13.2 Å². The normalized spacial score (nSPS) is 16.0. The summed E-state index contributed by atoms with van der Waals surface area (Å²) < 4.78 is 38.3. The first-order chi connectivity index (χ1) is 8.02. The van der Waals surface area contributed by atoms with Gasteiger partial charge in [-0.1, -0.05) is 0 Å². The van der Waals surface area contributed by atoms with Gasteiger partial charge < -0.3 is 10.2 Å². The number of halogens is 3. The number of likely N-dealkylation sites (N-methyl/N-ethyl adjacent to an activating group) is 1. The number of nitrogens with one attached hydrogen (secondary N) is 1. The zero-order valence-electron chi connectivity index (χ0n) is 9.25. The molecule has 1 aliphatic heterocycles. The first-order valence-electron chi connectivity index (χ1n) is 5.16. The zero-order valence-corrected chi connectivity index (χ0v) is 9.25. The van der Waals surface area contributed by atoms with Crippen LogP contribution in [0.2, 0.25) is 0 Å². The maximum atomic E-state index is 12.8. The number of aromatic nitrogens is 1. The highest BCUT2D eigenvalue weighted by atomic mass is 19.4. The van der Waals surface area contributed by atoms with Crippen LogP contribution in [0.25, 0.3) is 0 Å². The molecule has 1 aromatic heterocycles. The van der Waals surface area contributed by atoms with Gasteiger partial charge in [0.1, 0.15) is 5.82 Å². The standard InChI is InChI=1S/C11H12F3N3/c1-15-8-4-6-17(7-8)10-9(11(12,13)14)3-2-5-16-10/h2-5,15H,6-7H2,1H3. The quantitative estimate of drug-likeness (QED) is 0.861. The second-order valence-electron chi connectivity index (χ2n) is 3.73. The third-order valence-corrected chi connectivity index (χ3v) is 2.63. The van der Waals surface area contributed by atoms with Gasteiger partial charge in [-0.2, -0.15) is 13.2 Å². The topological polar surface area (TPSA) is 28.2 Å². The van der Waals surface area contributed by atoms with Gasteiger partial charge in [0.05, 0.1) is 12.1 Å². The molecule has 0 bridgehead atoms. The Kier molecular flexibility index (Phi) is 2.95. The SMILES string of the molecule is CNC1=CCN(c2ncccc2C(F)(F)F)C1. The molecule has 1 aliphatic rings. The number of pyridine rings is 1. The molecule has 1 aromatic rings. The Morgan fingerprint density at radius 3 is 2.76 bits per heavy atom. The summed E-state index contributed by atoms with van der Waals surface area (Å²) in [7, 11) is 1.75. The summed E-state index contributed by atoms with van der Waals surface area (Å²) in [5, 5.41) is 2.93. The second-order valence-corrected chi connectivity index (χ2v) is 3.73. The summed E-state index contributed by atoms with van der Waals surface area (Å²) in [6.45, 7) is 0.868. The lowest BCUT2D eigenvalue weighted by molar-refractivity contribution is -0.137. The van der Waals surface area contributed by atoms with Crippen molar-refractivity contribution in [2.24, 2.45) is 0 Å². The average molecular weight is 243 g/mol. The fourth-order valence-electron chi connectivity index (χ4n) is 1.77. The first kappa shape index (κ1) is 11.8. The van der Waals surface area contributed by atoms with Crippen molar-refractivity contribution < 1.29 is 13.2 Å². The van der Waals surface area contributed by atoms with Crippen molar-refractivity contribution in [1.29, 1.82) is 0 Å². The van der Waals surface area contributed by atoms with Gasteiger partial charge in [0.25, 0.3) is 0 Å². The van der Waals surface area contributed by atoms with Crippen LogP contribution in [0.15, 0.2) is 30.1 Å². The van der Waals surface area contributed by atoms with Gasteiger partial charge in [0, 0.05) is 25.5 Å². The van der Waals surface area contributed by atoms with E-state index in [0.29, 0.717) is 13.1 Å². The Morgan fingerprint density at radius 2 is 2.18 bits per heavy atom. The Labute approximate surface area is 97.0 Å². The molecule has 2 rings (SSSR count). The van der Waals surface area contributed by atoms with Gasteiger partial charge >= 0.3 is 6.18 Å². The number of anilines is 1. The van der Waals surface area contributed by atoms with Crippen molar-refractivity contribution in [2.75, 3.05) is 25.0 Å². The van der Waals surface area contributed by atoms with Crippen LogP contribution in [0.1, 0.15) is 5.56 Å². The largest absolute Gasteiger partial charge is 0.419 e. The van der Waals surface area contributed by atoms with E-state index in [0.717, 1.165) is 11.8 Å². The Bertz CT molecular complexity index is 440. The van der Waals surface area contributed by atoms with Crippen molar-refractivity contribution >= 4 is 5.82 Å². The number of hydrogen-bond donors (Lipinski definition) is 1. The van der Waals surface area contributed by atoms with Crippen LogP contribution in [0.5, 0.6) is 0 Å². The molecule has 17 heavy (non-hydrogen) atoms. The lowest BCUT2D eigenvalue weighted by atomic mass is 10.2. The molecule has 1 N–H and O–H groups in total. The van der Waals surface area contributed by atoms with E-state index in [1.54, 1.807) is 11.9 Å². The van der Waals surface area contributed by atoms with E-state index < -0.39 is 11.7 Å². The molecule has 3 nitrogen and oxygen atoms in total. The van der Waals surface area contributed by atoms with Crippen LogP contribution in [-0.2, 0) is 6.18 Å². The van der Waals surface area contributed by atoms with E-state index >= 15 is 0 Å². The van der Waals surface area contributed by atoms with Crippen LogP contribution in [-0.4, -0.2) is 25.1 Å². The van der Waals surface area contributed by atoms with Crippen molar-refractivity contribution in [3.8, 4) is 0 Å². The minimum atomic E-state index is -4.37. The van der Waals surface area contributed by atoms with Crippen molar-refractivity contribution in [3.05, 3.63) is 35.7 Å². The van der Waals surface area contributed by atoms with Gasteiger partial charge in [-0.3, -0.25) is 0 Å². The van der Waals surface area contributed by atoms with Crippen molar-refractivity contribution in [3.63, 3.8) is 0 Å². The fraction of sp³-hybridized carbons (Fsp3) is 0.364. The molecule has 0 fully saturated rings. The van der Waals surface area contributed by atoms with Crippen LogP contribution < -0.4 is 10.2 Å². The fourth-order valence-corrected chi connectivity index (χ4v) is 1.77. The molecule has 0 unspecified atom stereocenters. The number of rotatable bonds is 2. The number of alkyl halides is 3. The summed E-state index contributed by atoms with van der Waals surface area (Å²) in [6, 6.07) is 2.36. The summed E-state index contributed by atoms with van der Waals surface area (Å²) in [6.07, 6.45) is -1.14. The maximum Gasteiger partial charge on any atom is 0.419 e. The highest BCUT2D eigenvalue weighted by molar-refractivity contribution is 5.51. The smallest absolute Gasteiger partial charge is 0.390 e. The van der Waals surface area contributed by atoms with Crippen LogP contribution in [0.4, 0.5) is 19.0 Å². The van der Waals surface area contributed by atoms with Crippen LogP contribution in [0.3, 0.4) is 0 Å². The lowest BCUT2D eigenvalue weighted by Crippen LogP contribution is -2.26. The lowest BCUT2D eigenvalue weighted by Gasteiger charge is -2.21. The van der Waals surface area contributed by atoms with E-state index in [1.165, 1.54) is 12.3 Å². The van der Waals surface area contributed by atoms with E-state index in [2.05, 4.69) is 10.3 Å². The molecule has 0 saturated carbocycles. The van der Waals surface area contributed by atoms with Gasteiger partial charge in [-0.15, -0.1) is 0 Å². The number of nitrogens with zero attached hydrogens (tertiary/aromatic N) is 2. The predicted molar refractivity (Wildman–Crippen MR) is 58.6 cm³/mol. The maximum absolute atomic E-state index is 12.8.